The van der Waals surface area contributed by atoms with E-state index in [1.165, 1.54) is 42.6 Å². The zero-order chi connectivity index (χ0) is 19.8. The molecular weight excluding hydrogens is 370 g/mol. The first-order chi connectivity index (χ1) is 14.3. The molecule has 1 nitrogen and oxygen atoms in total. The van der Waals surface area contributed by atoms with Crippen LogP contribution in [0.5, 0.6) is 0 Å². The second-order valence-corrected chi connectivity index (χ2v) is 8.23. The summed E-state index contributed by atoms with van der Waals surface area (Å²) in [6.07, 6.45) is 2.85. The van der Waals surface area contributed by atoms with Crippen LogP contribution in [-0.4, -0.2) is 4.98 Å². The van der Waals surface area contributed by atoms with Crippen LogP contribution in [0, 0.1) is 0 Å². The molecule has 140 valence electrons. The summed E-state index contributed by atoms with van der Waals surface area (Å²) in [4.78, 5) is 4.50. The molecule has 0 aliphatic rings. The van der Waals surface area contributed by atoms with Gasteiger partial charge in [-0.05, 0) is 56.4 Å². The average Bonchev–Trinajstić information content (AvgIpc) is 3.22. The summed E-state index contributed by atoms with van der Waals surface area (Å²) in [7, 11) is 0. The first kappa shape index (κ1) is 17.8. The molecule has 0 bridgehead atoms. The van der Waals surface area contributed by atoms with Gasteiger partial charge in [0.15, 0.2) is 0 Å². The molecule has 29 heavy (non-hydrogen) atoms. The standard InChI is InChI=1S/C16H10.C11H11NS/c1-3-11-7-9-13-5-2-6-14-10-8-12(4-1)15(11)16(13)14;1-3-8-6-5-7-9-11(8)12-10(4-2)13-9/h1-10H;4-7H,2-3H2,1H3. The predicted molar refractivity (Wildman–Crippen MR) is 129 cm³/mol. The molecule has 0 aliphatic carbocycles. The molecule has 1 heterocycles. The maximum absolute atomic E-state index is 4.50. The third-order valence-corrected chi connectivity index (χ3v) is 6.48. The molecule has 0 saturated heterocycles. The summed E-state index contributed by atoms with van der Waals surface area (Å²) in [5.74, 6) is 0. The summed E-state index contributed by atoms with van der Waals surface area (Å²) >= 11 is 1.70. The number of rotatable bonds is 2. The van der Waals surface area contributed by atoms with Crippen LogP contribution in [0.1, 0.15) is 17.5 Å². The van der Waals surface area contributed by atoms with Crippen molar-refractivity contribution in [2.24, 2.45) is 0 Å². The number of hydrogen-bond donors (Lipinski definition) is 0. The van der Waals surface area contributed by atoms with E-state index < -0.39 is 0 Å². The SMILES string of the molecule is C=Cc1nc2c(CC)cccc2s1.c1cc2ccc3cccc4ccc(c1)c2c34. The zero-order valence-corrected chi connectivity index (χ0v) is 17.2. The smallest absolute Gasteiger partial charge is 0.116 e. The highest BCUT2D eigenvalue weighted by molar-refractivity contribution is 7.19. The molecule has 6 rings (SSSR count). The Morgan fingerprint density at radius 1 is 0.759 bits per heavy atom. The van der Waals surface area contributed by atoms with Crippen LogP contribution >= 0.6 is 11.3 Å². The highest BCUT2D eigenvalue weighted by atomic mass is 32.1. The summed E-state index contributed by atoms with van der Waals surface area (Å²) in [5.41, 5.74) is 2.46. The van der Waals surface area contributed by atoms with Gasteiger partial charge in [0, 0.05) is 0 Å². The van der Waals surface area contributed by atoms with E-state index in [1.54, 1.807) is 11.3 Å². The third-order valence-electron chi connectivity index (χ3n) is 5.47. The van der Waals surface area contributed by atoms with E-state index in [0.717, 1.165) is 16.9 Å². The van der Waals surface area contributed by atoms with Crippen molar-refractivity contribution in [2.45, 2.75) is 13.3 Å². The summed E-state index contributed by atoms with van der Waals surface area (Å²) in [6, 6.07) is 28.2. The van der Waals surface area contributed by atoms with Crippen molar-refractivity contribution in [1.82, 2.24) is 4.98 Å². The first-order valence-corrected chi connectivity index (χ1v) is 10.7. The fourth-order valence-electron chi connectivity index (χ4n) is 4.06. The Morgan fingerprint density at radius 2 is 1.28 bits per heavy atom. The van der Waals surface area contributed by atoms with E-state index >= 15 is 0 Å². The maximum Gasteiger partial charge on any atom is 0.116 e. The predicted octanol–water partition coefficient (Wildman–Crippen LogP) is 8.09. The number of aryl methyl sites for hydroxylation is 1. The molecule has 0 N–H and O–H groups in total. The van der Waals surface area contributed by atoms with Crippen LogP contribution in [0.25, 0.3) is 48.6 Å². The molecule has 0 amide bonds. The van der Waals surface area contributed by atoms with E-state index in [2.05, 4.69) is 97.3 Å². The van der Waals surface area contributed by atoms with Crippen molar-refractivity contribution in [2.75, 3.05) is 0 Å². The molecule has 1 aromatic heterocycles. The summed E-state index contributed by atoms with van der Waals surface area (Å²) in [5, 5.41) is 9.15. The Hall–Kier alpha value is -3.23. The molecule has 0 unspecified atom stereocenters. The van der Waals surface area contributed by atoms with Crippen molar-refractivity contribution in [3.05, 3.63) is 96.0 Å². The van der Waals surface area contributed by atoms with E-state index in [0.29, 0.717) is 0 Å². The quantitative estimate of drug-likeness (QED) is 0.272. The largest absolute Gasteiger partial charge is 0.236 e. The molecule has 5 aromatic carbocycles. The third kappa shape index (κ3) is 3.06. The fourth-order valence-corrected chi connectivity index (χ4v) is 4.93. The molecule has 0 fully saturated rings. The number of para-hydroxylation sites is 1. The van der Waals surface area contributed by atoms with Gasteiger partial charge < -0.3 is 0 Å². The Labute approximate surface area is 174 Å². The lowest BCUT2D eigenvalue weighted by Gasteiger charge is -2.09. The zero-order valence-electron chi connectivity index (χ0n) is 16.4. The van der Waals surface area contributed by atoms with E-state index in [1.807, 2.05) is 6.08 Å². The Kier molecular flexibility index (Phi) is 4.49. The minimum Gasteiger partial charge on any atom is -0.236 e. The molecular formula is C27H21NS. The van der Waals surface area contributed by atoms with Gasteiger partial charge in [0.05, 0.1) is 10.2 Å². The van der Waals surface area contributed by atoms with Gasteiger partial charge in [-0.15, -0.1) is 11.3 Å². The number of nitrogens with zero attached hydrogens (tertiary/aromatic N) is 1. The second-order valence-electron chi connectivity index (χ2n) is 7.16. The normalized spacial score (nSPS) is 11.2. The maximum atomic E-state index is 4.50. The Bertz CT molecular complexity index is 1330. The molecule has 0 aliphatic heterocycles. The lowest BCUT2D eigenvalue weighted by molar-refractivity contribution is 1.15. The van der Waals surface area contributed by atoms with E-state index in [-0.39, 0.29) is 0 Å². The average molecular weight is 392 g/mol. The molecule has 0 radical (unpaired) electrons. The van der Waals surface area contributed by atoms with Crippen LogP contribution in [0.2, 0.25) is 0 Å². The molecule has 6 aromatic rings. The monoisotopic (exact) mass is 391 g/mol. The molecule has 0 atom stereocenters. The Morgan fingerprint density at radius 3 is 1.76 bits per heavy atom. The minimum atomic E-state index is 1.01. The fraction of sp³-hybridized carbons (Fsp3) is 0.0741. The van der Waals surface area contributed by atoms with Gasteiger partial charge in [-0.1, -0.05) is 86.3 Å². The van der Waals surface area contributed by atoms with Crippen LogP contribution in [0.15, 0.2) is 85.4 Å². The van der Waals surface area contributed by atoms with E-state index in [9.17, 15) is 0 Å². The highest BCUT2D eigenvalue weighted by Gasteiger charge is 2.06. The number of hydrogen-bond acceptors (Lipinski definition) is 2. The van der Waals surface area contributed by atoms with Gasteiger partial charge in [0.1, 0.15) is 5.01 Å². The van der Waals surface area contributed by atoms with Crippen molar-refractivity contribution in [3.8, 4) is 0 Å². The Balaban J connectivity index is 0.000000129. The molecule has 0 saturated carbocycles. The van der Waals surface area contributed by atoms with Crippen LogP contribution in [-0.2, 0) is 6.42 Å². The topological polar surface area (TPSA) is 12.9 Å². The van der Waals surface area contributed by atoms with Gasteiger partial charge in [0.2, 0.25) is 0 Å². The molecule has 0 spiro atoms. The summed E-state index contributed by atoms with van der Waals surface area (Å²) in [6.45, 7) is 5.88. The molecule has 2 heteroatoms. The van der Waals surface area contributed by atoms with Gasteiger partial charge in [-0.2, -0.15) is 0 Å². The minimum absolute atomic E-state index is 1.01. The number of fused-ring (bicyclic) bond motifs is 1. The van der Waals surface area contributed by atoms with Crippen LogP contribution in [0.4, 0.5) is 0 Å². The van der Waals surface area contributed by atoms with Crippen molar-refractivity contribution in [1.29, 1.82) is 0 Å². The number of aromatic nitrogens is 1. The van der Waals surface area contributed by atoms with Crippen molar-refractivity contribution in [3.63, 3.8) is 0 Å². The van der Waals surface area contributed by atoms with Crippen LogP contribution < -0.4 is 0 Å². The lowest BCUT2D eigenvalue weighted by Crippen LogP contribution is -1.82. The van der Waals surface area contributed by atoms with Gasteiger partial charge in [-0.25, -0.2) is 4.98 Å². The van der Waals surface area contributed by atoms with Crippen molar-refractivity contribution < 1.29 is 0 Å². The number of benzene rings is 5. The first-order valence-electron chi connectivity index (χ1n) is 9.92. The summed E-state index contributed by atoms with van der Waals surface area (Å²) < 4.78 is 1.26. The highest BCUT2D eigenvalue weighted by Crippen LogP contribution is 2.33. The van der Waals surface area contributed by atoms with Gasteiger partial charge in [0.25, 0.3) is 0 Å². The second kappa shape index (κ2) is 7.31. The van der Waals surface area contributed by atoms with Gasteiger partial charge >= 0.3 is 0 Å². The van der Waals surface area contributed by atoms with Crippen molar-refractivity contribution >= 4 is 59.9 Å². The number of thiazole rings is 1. The van der Waals surface area contributed by atoms with Crippen LogP contribution in [0.3, 0.4) is 0 Å². The lowest BCUT2D eigenvalue weighted by atomic mass is 9.95. The van der Waals surface area contributed by atoms with Gasteiger partial charge in [-0.3, -0.25) is 0 Å². The van der Waals surface area contributed by atoms with E-state index in [4.69, 9.17) is 0 Å².